The van der Waals surface area contributed by atoms with E-state index in [4.69, 9.17) is 5.11 Å². The molecule has 0 aromatic heterocycles. The fourth-order valence-corrected chi connectivity index (χ4v) is 3.69. The molecule has 2 rings (SSSR count). The monoisotopic (exact) mass is 402 g/mol. The molecule has 0 radical (unpaired) electrons. The van der Waals surface area contributed by atoms with E-state index in [0.29, 0.717) is 17.7 Å². The molecular weight excluding hydrogens is 385 g/mol. The molecule has 0 saturated carbocycles. The van der Waals surface area contributed by atoms with Gasteiger partial charge in [-0.05, 0) is 24.6 Å². The Kier molecular flexibility index (Phi) is 6.24. The van der Waals surface area contributed by atoms with Crippen LogP contribution >= 0.6 is 0 Å². The molecule has 2 N–H and O–H groups in total. The molecule has 0 atom stereocenters. The van der Waals surface area contributed by atoms with Gasteiger partial charge < -0.3 is 10.4 Å². The molecule has 0 aliphatic rings. The van der Waals surface area contributed by atoms with Crippen molar-refractivity contribution in [1.82, 2.24) is 4.31 Å². The van der Waals surface area contributed by atoms with Crippen molar-refractivity contribution in [3.63, 3.8) is 0 Å². The minimum Gasteiger partial charge on any atom is -0.395 e. The van der Waals surface area contributed by atoms with Gasteiger partial charge in [-0.25, -0.2) is 21.6 Å². The molecule has 0 aliphatic heterocycles. The number of carbonyl (C=O) groups excluding carboxylic acids is 1. The number of anilines is 1. The van der Waals surface area contributed by atoms with Gasteiger partial charge in [0.15, 0.2) is 17.5 Å². The van der Waals surface area contributed by atoms with Crippen molar-refractivity contribution >= 4 is 21.6 Å². The van der Waals surface area contributed by atoms with Crippen molar-refractivity contribution in [1.29, 1.82) is 0 Å². The summed E-state index contributed by atoms with van der Waals surface area (Å²) in [6.07, 6.45) is 0. The number of hydrogen-bond acceptors (Lipinski definition) is 4. The fraction of sp³-hybridized carbons (Fsp3) is 0.235. The van der Waals surface area contributed by atoms with Gasteiger partial charge in [0.1, 0.15) is 0 Å². The van der Waals surface area contributed by atoms with E-state index in [1.54, 1.807) is 0 Å². The standard InChI is InChI=1S/C17H17F3N2O4S/c1-10-3-4-11(7-15(10)27(25,26)22(2)5-6-23)17(24)21-12-8-13(18)16(20)14(19)9-12/h3-4,7-9,23H,5-6H2,1-2H3,(H,21,24). The molecule has 0 heterocycles. The number of nitrogens with zero attached hydrogens (tertiary/aromatic N) is 1. The highest BCUT2D eigenvalue weighted by molar-refractivity contribution is 7.89. The maximum atomic E-state index is 13.3. The van der Waals surface area contributed by atoms with Crippen LogP contribution in [0.5, 0.6) is 0 Å². The minimum absolute atomic E-state index is 0.0817. The Hall–Kier alpha value is -2.43. The number of hydrogen-bond donors (Lipinski definition) is 2. The molecule has 6 nitrogen and oxygen atoms in total. The third-order valence-corrected chi connectivity index (χ3v) is 5.79. The molecular formula is C17H17F3N2O4S. The van der Waals surface area contributed by atoms with Gasteiger partial charge in [0.2, 0.25) is 10.0 Å². The van der Waals surface area contributed by atoms with Crippen molar-refractivity contribution in [2.75, 3.05) is 25.5 Å². The fourth-order valence-electron chi connectivity index (χ4n) is 2.28. The van der Waals surface area contributed by atoms with Crippen LogP contribution in [0.1, 0.15) is 15.9 Å². The number of sulfonamides is 1. The van der Waals surface area contributed by atoms with Crippen LogP contribution in [0.2, 0.25) is 0 Å². The van der Waals surface area contributed by atoms with Crippen molar-refractivity contribution in [2.45, 2.75) is 11.8 Å². The number of likely N-dealkylation sites (N-methyl/N-ethyl adjacent to an activating group) is 1. The lowest BCUT2D eigenvalue weighted by Gasteiger charge is -2.18. The molecule has 0 fully saturated rings. The average molecular weight is 402 g/mol. The van der Waals surface area contributed by atoms with E-state index in [-0.39, 0.29) is 29.3 Å². The van der Waals surface area contributed by atoms with Gasteiger partial charge in [-0.15, -0.1) is 0 Å². The topological polar surface area (TPSA) is 86.7 Å². The van der Waals surface area contributed by atoms with E-state index in [2.05, 4.69) is 5.32 Å². The maximum Gasteiger partial charge on any atom is 0.255 e. The molecule has 27 heavy (non-hydrogen) atoms. The van der Waals surface area contributed by atoms with Crippen LogP contribution in [0.15, 0.2) is 35.2 Å². The Bertz CT molecular complexity index is 957. The highest BCUT2D eigenvalue weighted by Crippen LogP contribution is 2.22. The molecule has 0 aliphatic carbocycles. The second-order valence-corrected chi connectivity index (χ2v) is 7.75. The number of aliphatic hydroxyl groups excluding tert-OH is 1. The smallest absolute Gasteiger partial charge is 0.255 e. The van der Waals surface area contributed by atoms with Gasteiger partial charge in [0.25, 0.3) is 5.91 Å². The number of benzene rings is 2. The number of halogens is 3. The van der Waals surface area contributed by atoms with Gasteiger partial charge in [0, 0.05) is 37.0 Å². The van der Waals surface area contributed by atoms with Gasteiger partial charge in [-0.3, -0.25) is 4.79 Å². The highest BCUT2D eigenvalue weighted by atomic mass is 32.2. The van der Waals surface area contributed by atoms with E-state index in [9.17, 15) is 26.4 Å². The SMILES string of the molecule is Cc1ccc(C(=O)Nc2cc(F)c(F)c(F)c2)cc1S(=O)(=O)N(C)CCO. The van der Waals surface area contributed by atoms with Crippen LogP contribution in [0.4, 0.5) is 18.9 Å². The van der Waals surface area contributed by atoms with Crippen LogP contribution in [0.3, 0.4) is 0 Å². The molecule has 0 bridgehead atoms. The molecule has 2 aromatic rings. The third kappa shape index (κ3) is 4.46. The average Bonchev–Trinajstić information content (AvgIpc) is 2.59. The maximum absolute atomic E-state index is 13.3. The van der Waals surface area contributed by atoms with Crippen molar-refractivity contribution < 1.29 is 31.5 Å². The molecule has 0 unspecified atom stereocenters. The summed E-state index contributed by atoms with van der Waals surface area (Å²) in [6.45, 7) is 1.02. The molecule has 0 spiro atoms. The van der Waals surface area contributed by atoms with Gasteiger partial charge in [-0.2, -0.15) is 4.31 Å². The summed E-state index contributed by atoms with van der Waals surface area (Å²) < 4.78 is 65.5. The zero-order chi connectivity index (χ0) is 20.4. The summed E-state index contributed by atoms with van der Waals surface area (Å²) >= 11 is 0. The molecule has 1 amide bonds. The second-order valence-electron chi connectivity index (χ2n) is 5.74. The summed E-state index contributed by atoms with van der Waals surface area (Å²) in [6, 6.07) is 5.07. The zero-order valence-corrected chi connectivity index (χ0v) is 15.3. The van der Waals surface area contributed by atoms with Crippen molar-refractivity contribution in [3.8, 4) is 0 Å². The summed E-state index contributed by atoms with van der Waals surface area (Å²) in [5.74, 6) is -5.43. The summed E-state index contributed by atoms with van der Waals surface area (Å²) in [4.78, 5) is 12.2. The van der Waals surface area contributed by atoms with Crippen LogP contribution in [-0.2, 0) is 10.0 Å². The first-order chi connectivity index (χ1) is 12.6. The van der Waals surface area contributed by atoms with Crippen LogP contribution in [0.25, 0.3) is 0 Å². The summed E-state index contributed by atoms with van der Waals surface area (Å²) in [7, 11) is -2.68. The molecule has 0 saturated heterocycles. The first-order valence-corrected chi connectivity index (χ1v) is 9.15. The second kappa shape index (κ2) is 8.07. The van der Waals surface area contributed by atoms with Gasteiger partial charge in [-0.1, -0.05) is 6.07 Å². The molecule has 146 valence electrons. The summed E-state index contributed by atoms with van der Waals surface area (Å²) in [5, 5.41) is 11.1. The van der Waals surface area contributed by atoms with Gasteiger partial charge >= 0.3 is 0 Å². The number of carbonyl (C=O) groups is 1. The lowest BCUT2D eigenvalue weighted by atomic mass is 10.1. The molecule has 10 heteroatoms. The van der Waals surface area contributed by atoms with Crippen LogP contribution in [-0.4, -0.2) is 43.9 Å². The Labute approximate surface area is 154 Å². The normalized spacial score (nSPS) is 11.7. The predicted octanol–water partition coefficient (Wildman–Crippen LogP) is 2.28. The largest absolute Gasteiger partial charge is 0.395 e. The van der Waals surface area contributed by atoms with E-state index >= 15 is 0 Å². The molecule has 2 aromatic carbocycles. The Morgan fingerprint density at radius 1 is 1.15 bits per heavy atom. The van der Waals surface area contributed by atoms with Crippen molar-refractivity contribution in [3.05, 3.63) is 58.9 Å². The lowest BCUT2D eigenvalue weighted by Crippen LogP contribution is -2.30. The number of amides is 1. The van der Waals surface area contributed by atoms with Crippen LogP contribution < -0.4 is 5.32 Å². The zero-order valence-electron chi connectivity index (χ0n) is 14.5. The Morgan fingerprint density at radius 2 is 1.74 bits per heavy atom. The number of aliphatic hydroxyl groups is 1. The number of nitrogens with one attached hydrogen (secondary N) is 1. The Balaban J connectivity index is 2.36. The number of aryl methyl sites for hydroxylation is 1. The van der Waals surface area contributed by atoms with E-state index < -0.39 is 33.4 Å². The summed E-state index contributed by atoms with van der Waals surface area (Å²) in [5.41, 5.74) is -0.0318. The number of rotatable bonds is 6. The Morgan fingerprint density at radius 3 is 2.30 bits per heavy atom. The minimum atomic E-state index is -3.96. The first kappa shape index (κ1) is 20.9. The van der Waals surface area contributed by atoms with E-state index in [1.165, 1.54) is 26.1 Å². The first-order valence-electron chi connectivity index (χ1n) is 7.71. The predicted molar refractivity (Wildman–Crippen MR) is 92.3 cm³/mol. The van der Waals surface area contributed by atoms with Crippen molar-refractivity contribution in [2.24, 2.45) is 0 Å². The lowest BCUT2D eigenvalue weighted by molar-refractivity contribution is 0.102. The third-order valence-electron chi connectivity index (χ3n) is 3.80. The highest BCUT2D eigenvalue weighted by Gasteiger charge is 2.24. The van der Waals surface area contributed by atoms with E-state index in [0.717, 1.165) is 10.4 Å². The van der Waals surface area contributed by atoms with Gasteiger partial charge in [0.05, 0.1) is 11.5 Å². The quantitative estimate of drug-likeness (QED) is 0.726. The van der Waals surface area contributed by atoms with Crippen LogP contribution in [0, 0.1) is 24.4 Å². The van der Waals surface area contributed by atoms with E-state index in [1.807, 2.05) is 0 Å².